The first kappa shape index (κ1) is 18.2. The number of halogens is 1. The van der Waals surface area contributed by atoms with Crippen LogP contribution in [0.15, 0.2) is 17.4 Å². The number of aryl methyl sites for hydroxylation is 1. The first-order chi connectivity index (χ1) is 9.60. The minimum atomic E-state index is -0.163. The molecule has 0 amide bonds. The summed E-state index contributed by atoms with van der Waals surface area (Å²) in [6, 6.07) is 0. The molecular formula is C14H26IN5O. The SMILES string of the molecule is CN=C(NCC1CCCC1O)N(C)Cc1cnn(C)c1.I. The van der Waals surface area contributed by atoms with Gasteiger partial charge in [-0.25, -0.2) is 0 Å². The average molecular weight is 407 g/mol. The highest BCUT2D eigenvalue weighted by atomic mass is 127. The van der Waals surface area contributed by atoms with Crippen LogP contribution in [0.1, 0.15) is 24.8 Å². The molecule has 1 fully saturated rings. The molecule has 120 valence electrons. The second kappa shape index (κ2) is 8.57. The Hall–Kier alpha value is -0.830. The molecule has 1 saturated carbocycles. The zero-order chi connectivity index (χ0) is 14.5. The summed E-state index contributed by atoms with van der Waals surface area (Å²) in [7, 11) is 5.71. The van der Waals surface area contributed by atoms with Crippen molar-refractivity contribution >= 4 is 29.9 Å². The topological polar surface area (TPSA) is 65.7 Å². The summed E-state index contributed by atoms with van der Waals surface area (Å²) in [5, 5.41) is 17.4. The van der Waals surface area contributed by atoms with Crippen molar-refractivity contribution in [3.8, 4) is 0 Å². The van der Waals surface area contributed by atoms with Gasteiger partial charge in [-0.2, -0.15) is 5.10 Å². The van der Waals surface area contributed by atoms with Crippen LogP contribution in [0.4, 0.5) is 0 Å². The quantitative estimate of drug-likeness (QED) is 0.448. The van der Waals surface area contributed by atoms with Crippen LogP contribution in [-0.2, 0) is 13.6 Å². The number of aliphatic hydroxyl groups is 1. The number of rotatable bonds is 4. The Morgan fingerprint density at radius 3 is 2.86 bits per heavy atom. The third-order valence-corrected chi connectivity index (χ3v) is 3.89. The standard InChI is InChI=1S/C14H25N5O.HI/c1-15-14(16-8-12-5-4-6-13(12)20)18(2)9-11-7-17-19(3)10-11;/h7,10,12-13,20H,4-6,8-9H2,1-3H3,(H,15,16);1H. The molecule has 1 heterocycles. The van der Waals surface area contributed by atoms with E-state index in [1.165, 1.54) is 0 Å². The van der Waals surface area contributed by atoms with Gasteiger partial charge in [0.05, 0.1) is 12.3 Å². The van der Waals surface area contributed by atoms with E-state index in [-0.39, 0.29) is 30.1 Å². The van der Waals surface area contributed by atoms with Crippen molar-refractivity contribution in [2.24, 2.45) is 18.0 Å². The third-order valence-electron chi connectivity index (χ3n) is 3.89. The van der Waals surface area contributed by atoms with E-state index in [1.807, 2.05) is 26.5 Å². The summed E-state index contributed by atoms with van der Waals surface area (Å²) in [6.45, 7) is 1.55. The van der Waals surface area contributed by atoms with Crippen molar-refractivity contribution in [1.82, 2.24) is 20.0 Å². The summed E-state index contributed by atoms with van der Waals surface area (Å²) < 4.78 is 1.80. The number of nitrogens with one attached hydrogen (secondary N) is 1. The maximum atomic E-state index is 9.85. The first-order valence-corrected chi connectivity index (χ1v) is 7.17. The van der Waals surface area contributed by atoms with Crippen LogP contribution in [-0.4, -0.2) is 52.5 Å². The van der Waals surface area contributed by atoms with E-state index in [2.05, 4.69) is 20.3 Å². The second-order valence-corrected chi connectivity index (χ2v) is 5.56. The first-order valence-electron chi connectivity index (χ1n) is 7.17. The van der Waals surface area contributed by atoms with Crippen LogP contribution in [0.3, 0.4) is 0 Å². The lowest BCUT2D eigenvalue weighted by atomic mass is 10.1. The minimum absolute atomic E-state index is 0. The normalized spacial score (nSPS) is 22.0. The lowest BCUT2D eigenvalue weighted by Gasteiger charge is -2.23. The number of aromatic nitrogens is 2. The number of nitrogens with zero attached hydrogens (tertiary/aromatic N) is 4. The highest BCUT2D eigenvalue weighted by molar-refractivity contribution is 14.0. The van der Waals surface area contributed by atoms with Gasteiger partial charge in [0.15, 0.2) is 5.96 Å². The molecule has 6 nitrogen and oxygen atoms in total. The number of aliphatic imine (C=N–C) groups is 1. The molecule has 1 aliphatic carbocycles. The van der Waals surface area contributed by atoms with E-state index in [4.69, 9.17) is 0 Å². The van der Waals surface area contributed by atoms with Gasteiger partial charge >= 0.3 is 0 Å². The van der Waals surface area contributed by atoms with Gasteiger partial charge in [0.1, 0.15) is 0 Å². The number of aliphatic hydroxyl groups excluding tert-OH is 1. The largest absolute Gasteiger partial charge is 0.393 e. The Morgan fingerprint density at radius 2 is 2.33 bits per heavy atom. The molecule has 0 aromatic carbocycles. The van der Waals surface area contributed by atoms with E-state index in [1.54, 1.807) is 11.7 Å². The van der Waals surface area contributed by atoms with Crippen molar-refractivity contribution < 1.29 is 5.11 Å². The van der Waals surface area contributed by atoms with Gasteiger partial charge in [-0.3, -0.25) is 9.67 Å². The Balaban J connectivity index is 0.00000220. The van der Waals surface area contributed by atoms with Gasteiger partial charge in [0.25, 0.3) is 0 Å². The van der Waals surface area contributed by atoms with Crippen LogP contribution in [0.2, 0.25) is 0 Å². The zero-order valence-corrected chi connectivity index (χ0v) is 15.3. The van der Waals surface area contributed by atoms with Crippen LogP contribution >= 0.6 is 24.0 Å². The van der Waals surface area contributed by atoms with Gasteiger partial charge in [0.2, 0.25) is 0 Å². The van der Waals surface area contributed by atoms with Crippen molar-refractivity contribution in [1.29, 1.82) is 0 Å². The van der Waals surface area contributed by atoms with E-state index in [0.29, 0.717) is 5.92 Å². The van der Waals surface area contributed by atoms with Gasteiger partial charge in [-0.15, -0.1) is 24.0 Å². The molecule has 0 radical (unpaired) electrons. The number of hydrogen-bond acceptors (Lipinski definition) is 3. The lowest BCUT2D eigenvalue weighted by molar-refractivity contribution is 0.134. The smallest absolute Gasteiger partial charge is 0.193 e. The fourth-order valence-corrected chi connectivity index (χ4v) is 2.76. The molecule has 0 spiro atoms. The van der Waals surface area contributed by atoms with Gasteiger partial charge in [-0.05, 0) is 12.8 Å². The summed E-state index contributed by atoms with van der Waals surface area (Å²) in [5.74, 6) is 1.20. The van der Waals surface area contributed by atoms with E-state index in [9.17, 15) is 5.11 Å². The van der Waals surface area contributed by atoms with Crippen LogP contribution in [0.25, 0.3) is 0 Å². The molecule has 0 saturated heterocycles. The zero-order valence-electron chi connectivity index (χ0n) is 13.0. The predicted molar refractivity (Wildman–Crippen MR) is 94.8 cm³/mol. The molecule has 2 unspecified atom stereocenters. The maximum absolute atomic E-state index is 9.85. The molecule has 2 atom stereocenters. The fourth-order valence-electron chi connectivity index (χ4n) is 2.76. The van der Waals surface area contributed by atoms with Crippen molar-refractivity contribution in [3.63, 3.8) is 0 Å². The monoisotopic (exact) mass is 407 g/mol. The molecule has 2 rings (SSSR count). The van der Waals surface area contributed by atoms with E-state index < -0.39 is 0 Å². The molecule has 0 bridgehead atoms. The summed E-state index contributed by atoms with van der Waals surface area (Å²) in [6.07, 6.45) is 6.85. The molecule has 0 aliphatic heterocycles. The average Bonchev–Trinajstić information content (AvgIpc) is 3.00. The van der Waals surface area contributed by atoms with Gasteiger partial charge in [0, 0.05) is 51.9 Å². The van der Waals surface area contributed by atoms with E-state index in [0.717, 1.165) is 43.9 Å². The molecule has 1 aromatic rings. The van der Waals surface area contributed by atoms with E-state index >= 15 is 0 Å². The summed E-state index contributed by atoms with van der Waals surface area (Å²) in [4.78, 5) is 6.37. The number of guanidine groups is 1. The number of hydrogen-bond donors (Lipinski definition) is 2. The predicted octanol–water partition coefficient (Wildman–Crippen LogP) is 1.21. The summed E-state index contributed by atoms with van der Waals surface area (Å²) >= 11 is 0. The maximum Gasteiger partial charge on any atom is 0.193 e. The lowest BCUT2D eigenvalue weighted by Crippen LogP contribution is -2.41. The highest BCUT2D eigenvalue weighted by Gasteiger charge is 2.25. The summed E-state index contributed by atoms with van der Waals surface area (Å²) in [5.41, 5.74) is 1.15. The van der Waals surface area contributed by atoms with Crippen molar-refractivity contribution in [3.05, 3.63) is 18.0 Å². The highest BCUT2D eigenvalue weighted by Crippen LogP contribution is 2.24. The van der Waals surface area contributed by atoms with Crippen LogP contribution in [0.5, 0.6) is 0 Å². The Bertz CT molecular complexity index is 462. The molecule has 7 heteroatoms. The van der Waals surface area contributed by atoms with Gasteiger partial charge in [-0.1, -0.05) is 6.42 Å². The minimum Gasteiger partial charge on any atom is -0.393 e. The molecule has 21 heavy (non-hydrogen) atoms. The van der Waals surface area contributed by atoms with Crippen LogP contribution in [0, 0.1) is 5.92 Å². The Kier molecular flexibility index (Phi) is 7.44. The van der Waals surface area contributed by atoms with Crippen molar-refractivity contribution in [2.75, 3.05) is 20.6 Å². The Labute approximate surface area is 143 Å². The van der Waals surface area contributed by atoms with Crippen LogP contribution < -0.4 is 5.32 Å². The Morgan fingerprint density at radius 1 is 1.57 bits per heavy atom. The van der Waals surface area contributed by atoms with Gasteiger partial charge < -0.3 is 15.3 Å². The molecule has 2 N–H and O–H groups in total. The fraction of sp³-hybridized carbons (Fsp3) is 0.714. The second-order valence-electron chi connectivity index (χ2n) is 5.56. The molecule has 1 aliphatic rings. The molecular weight excluding hydrogens is 381 g/mol. The van der Waals surface area contributed by atoms with Crippen molar-refractivity contribution in [2.45, 2.75) is 31.9 Å². The molecule has 1 aromatic heterocycles. The third kappa shape index (κ3) is 5.14.